The molecule has 15 heavy (non-hydrogen) atoms. The van der Waals surface area contributed by atoms with Gasteiger partial charge in [-0.2, -0.15) is 0 Å². The summed E-state index contributed by atoms with van der Waals surface area (Å²) in [5, 5.41) is 19.2. The minimum atomic E-state index is -0.437. The number of para-hydroxylation sites is 1. The predicted octanol–water partition coefficient (Wildman–Crippen LogP) is 1.81. The quantitative estimate of drug-likeness (QED) is 0.796. The third kappa shape index (κ3) is 2.49. The molecule has 0 radical (unpaired) electrons. The van der Waals surface area contributed by atoms with E-state index in [1.807, 2.05) is 32.0 Å². The van der Waals surface area contributed by atoms with Gasteiger partial charge in [-0.1, -0.05) is 32.0 Å². The van der Waals surface area contributed by atoms with Crippen molar-refractivity contribution in [3.05, 3.63) is 29.3 Å². The summed E-state index contributed by atoms with van der Waals surface area (Å²) in [6, 6.07) is 5.50. The molecule has 84 valence electrons. The van der Waals surface area contributed by atoms with Gasteiger partial charge in [-0.05, 0) is 0 Å². The van der Waals surface area contributed by atoms with Gasteiger partial charge < -0.3 is 14.9 Å². The zero-order valence-electron chi connectivity index (χ0n) is 9.45. The summed E-state index contributed by atoms with van der Waals surface area (Å²) in [6.45, 7) is 4.15. The molecule has 0 saturated carbocycles. The fourth-order valence-electron chi connectivity index (χ4n) is 1.49. The Hall–Kier alpha value is -1.06. The molecule has 0 aliphatic rings. The molecule has 0 saturated heterocycles. The van der Waals surface area contributed by atoms with Gasteiger partial charge in [0.1, 0.15) is 5.75 Å². The van der Waals surface area contributed by atoms with Gasteiger partial charge in [-0.15, -0.1) is 0 Å². The average Bonchev–Trinajstić information content (AvgIpc) is 2.21. The lowest BCUT2D eigenvalue weighted by Crippen LogP contribution is -2.22. The Morgan fingerprint density at radius 2 is 2.00 bits per heavy atom. The van der Waals surface area contributed by atoms with Crippen LogP contribution in [-0.4, -0.2) is 23.9 Å². The van der Waals surface area contributed by atoms with Gasteiger partial charge in [0.2, 0.25) is 0 Å². The van der Waals surface area contributed by atoms with Crippen LogP contribution in [0.15, 0.2) is 18.2 Å². The fourth-order valence-corrected chi connectivity index (χ4v) is 1.49. The maximum Gasteiger partial charge on any atom is 0.124 e. The molecule has 1 aromatic rings. The second-order valence-electron chi connectivity index (χ2n) is 4.29. The van der Waals surface area contributed by atoms with E-state index in [-0.39, 0.29) is 12.4 Å². The minimum Gasteiger partial charge on any atom is -0.507 e. The van der Waals surface area contributed by atoms with Crippen molar-refractivity contribution in [3.63, 3.8) is 0 Å². The Morgan fingerprint density at radius 1 is 1.33 bits per heavy atom. The molecular formula is C12H18O3. The first-order valence-electron chi connectivity index (χ1n) is 4.94. The third-order valence-electron chi connectivity index (χ3n) is 2.54. The summed E-state index contributed by atoms with van der Waals surface area (Å²) in [5.74, 6) is 0.221. The molecule has 0 unspecified atom stereocenters. The Bertz CT molecular complexity index is 332. The van der Waals surface area contributed by atoms with Gasteiger partial charge in [0.25, 0.3) is 0 Å². The minimum absolute atomic E-state index is 0.00298. The standard InChI is InChI=1S/C12H18O3/c1-12(2,8-13)10-6-4-5-9(7-15-3)11(10)14/h4-6,13-14H,7-8H2,1-3H3. The molecule has 1 rings (SSSR count). The molecule has 0 heterocycles. The first-order chi connectivity index (χ1) is 7.03. The smallest absolute Gasteiger partial charge is 0.124 e. The van der Waals surface area contributed by atoms with Crippen molar-refractivity contribution in [2.24, 2.45) is 0 Å². The van der Waals surface area contributed by atoms with E-state index in [1.165, 1.54) is 0 Å². The summed E-state index contributed by atoms with van der Waals surface area (Å²) in [6.07, 6.45) is 0. The first-order valence-corrected chi connectivity index (χ1v) is 4.94. The van der Waals surface area contributed by atoms with Crippen molar-refractivity contribution in [1.82, 2.24) is 0 Å². The number of methoxy groups -OCH3 is 1. The van der Waals surface area contributed by atoms with Crippen LogP contribution in [0.1, 0.15) is 25.0 Å². The summed E-state index contributed by atoms with van der Waals surface area (Å²) in [5.41, 5.74) is 1.06. The summed E-state index contributed by atoms with van der Waals surface area (Å²) in [4.78, 5) is 0. The summed E-state index contributed by atoms with van der Waals surface area (Å²) < 4.78 is 4.99. The lowest BCUT2D eigenvalue weighted by atomic mass is 9.84. The van der Waals surface area contributed by atoms with Crippen molar-refractivity contribution in [2.45, 2.75) is 25.9 Å². The van der Waals surface area contributed by atoms with Crippen LogP contribution in [0, 0.1) is 0 Å². The number of hydrogen-bond donors (Lipinski definition) is 2. The van der Waals surface area contributed by atoms with E-state index in [0.29, 0.717) is 6.61 Å². The van der Waals surface area contributed by atoms with E-state index in [2.05, 4.69) is 0 Å². The van der Waals surface area contributed by atoms with E-state index >= 15 is 0 Å². The van der Waals surface area contributed by atoms with E-state index in [9.17, 15) is 10.2 Å². The van der Waals surface area contributed by atoms with Crippen LogP contribution in [0.5, 0.6) is 5.75 Å². The second kappa shape index (κ2) is 4.64. The van der Waals surface area contributed by atoms with Gasteiger partial charge in [-0.25, -0.2) is 0 Å². The van der Waals surface area contributed by atoms with Crippen molar-refractivity contribution < 1.29 is 14.9 Å². The normalized spacial score (nSPS) is 11.7. The molecule has 0 aliphatic carbocycles. The number of phenolic OH excluding ortho intramolecular Hbond substituents is 1. The Morgan fingerprint density at radius 3 is 2.53 bits per heavy atom. The summed E-state index contributed by atoms with van der Waals surface area (Å²) >= 11 is 0. The van der Waals surface area contributed by atoms with Gasteiger partial charge in [0.05, 0.1) is 13.2 Å². The van der Waals surface area contributed by atoms with E-state index < -0.39 is 5.41 Å². The zero-order valence-corrected chi connectivity index (χ0v) is 9.45. The first kappa shape index (κ1) is 12.0. The molecule has 1 aromatic carbocycles. The number of aromatic hydroxyl groups is 1. The topological polar surface area (TPSA) is 49.7 Å². The lowest BCUT2D eigenvalue weighted by Gasteiger charge is -2.24. The number of benzene rings is 1. The number of ether oxygens (including phenoxy) is 1. The molecular weight excluding hydrogens is 192 g/mol. The van der Waals surface area contributed by atoms with Crippen molar-refractivity contribution in [2.75, 3.05) is 13.7 Å². The lowest BCUT2D eigenvalue weighted by molar-refractivity contribution is 0.180. The zero-order chi connectivity index (χ0) is 11.5. The van der Waals surface area contributed by atoms with Crippen LogP contribution in [0.2, 0.25) is 0 Å². The highest BCUT2D eigenvalue weighted by molar-refractivity contribution is 5.44. The van der Waals surface area contributed by atoms with Crippen LogP contribution in [0.4, 0.5) is 0 Å². The Kier molecular flexibility index (Phi) is 3.72. The van der Waals surface area contributed by atoms with Gasteiger partial charge in [0.15, 0.2) is 0 Å². The maximum atomic E-state index is 10.00. The molecule has 0 fully saturated rings. The van der Waals surface area contributed by atoms with Crippen LogP contribution in [0.25, 0.3) is 0 Å². The third-order valence-corrected chi connectivity index (χ3v) is 2.54. The van der Waals surface area contributed by atoms with Crippen molar-refractivity contribution in [1.29, 1.82) is 0 Å². The molecule has 0 aliphatic heterocycles. The second-order valence-corrected chi connectivity index (χ2v) is 4.29. The molecule has 0 amide bonds. The molecule has 0 bridgehead atoms. The van der Waals surface area contributed by atoms with Gasteiger partial charge in [0, 0.05) is 23.7 Å². The van der Waals surface area contributed by atoms with Crippen LogP contribution in [-0.2, 0) is 16.8 Å². The average molecular weight is 210 g/mol. The number of hydrogen-bond acceptors (Lipinski definition) is 3. The van der Waals surface area contributed by atoms with E-state index in [0.717, 1.165) is 11.1 Å². The van der Waals surface area contributed by atoms with Gasteiger partial charge in [-0.3, -0.25) is 0 Å². The highest BCUT2D eigenvalue weighted by atomic mass is 16.5. The van der Waals surface area contributed by atoms with Crippen LogP contribution < -0.4 is 0 Å². The van der Waals surface area contributed by atoms with Crippen molar-refractivity contribution in [3.8, 4) is 5.75 Å². The largest absolute Gasteiger partial charge is 0.507 e. The highest BCUT2D eigenvalue weighted by Gasteiger charge is 2.23. The molecule has 0 atom stereocenters. The van der Waals surface area contributed by atoms with Crippen LogP contribution >= 0.6 is 0 Å². The number of aliphatic hydroxyl groups excluding tert-OH is 1. The summed E-state index contributed by atoms with van der Waals surface area (Å²) in [7, 11) is 1.59. The molecule has 0 spiro atoms. The molecule has 3 nitrogen and oxygen atoms in total. The maximum absolute atomic E-state index is 10.00. The number of phenols is 1. The van der Waals surface area contributed by atoms with Crippen LogP contribution in [0.3, 0.4) is 0 Å². The van der Waals surface area contributed by atoms with Crippen molar-refractivity contribution >= 4 is 0 Å². The Balaban J connectivity index is 3.15. The Labute approximate surface area is 90.3 Å². The molecule has 3 heteroatoms. The molecule has 2 N–H and O–H groups in total. The monoisotopic (exact) mass is 210 g/mol. The number of rotatable bonds is 4. The van der Waals surface area contributed by atoms with E-state index in [4.69, 9.17) is 4.74 Å². The molecule has 0 aromatic heterocycles. The predicted molar refractivity (Wildman–Crippen MR) is 58.9 cm³/mol. The number of aliphatic hydroxyl groups is 1. The van der Waals surface area contributed by atoms with E-state index in [1.54, 1.807) is 7.11 Å². The highest BCUT2D eigenvalue weighted by Crippen LogP contribution is 2.33. The van der Waals surface area contributed by atoms with Gasteiger partial charge >= 0.3 is 0 Å². The SMILES string of the molecule is COCc1cccc(C(C)(C)CO)c1O. The fraction of sp³-hybridized carbons (Fsp3) is 0.500.